The summed E-state index contributed by atoms with van der Waals surface area (Å²) in [7, 11) is 1.33. The number of likely N-dealkylation sites (N-methyl/N-ethyl adjacent to an activating group) is 1. The van der Waals surface area contributed by atoms with Crippen molar-refractivity contribution >= 4 is 13.7 Å². The van der Waals surface area contributed by atoms with Crippen molar-refractivity contribution in [3.63, 3.8) is 0 Å². The zero-order valence-electron chi connectivity index (χ0n) is 59.1. The van der Waals surface area contributed by atoms with Gasteiger partial charge in [0.1, 0.15) is 13.2 Å². The van der Waals surface area contributed by atoms with Gasteiger partial charge >= 0.3 is 0 Å². The van der Waals surface area contributed by atoms with Gasteiger partial charge in [0.15, 0.2) is 0 Å². The monoisotopic (exact) mass is 1240 g/mol. The van der Waals surface area contributed by atoms with Crippen LogP contribution in [-0.2, 0) is 18.4 Å². The minimum Gasteiger partial charge on any atom is -0.756 e. The second kappa shape index (κ2) is 68.6. The van der Waals surface area contributed by atoms with Crippen LogP contribution < -0.4 is 10.2 Å². The van der Waals surface area contributed by atoms with E-state index in [0.29, 0.717) is 23.9 Å². The van der Waals surface area contributed by atoms with Crippen LogP contribution in [0, 0.1) is 0 Å². The van der Waals surface area contributed by atoms with E-state index >= 15 is 0 Å². The summed E-state index contributed by atoms with van der Waals surface area (Å²) >= 11 is 0. The van der Waals surface area contributed by atoms with Crippen molar-refractivity contribution in [1.29, 1.82) is 0 Å². The fraction of sp³-hybridized carbons (Fsp3) is 0.961. The Morgan fingerprint density at radius 1 is 0.395 bits per heavy atom. The Bertz CT molecular complexity index is 1410. The molecule has 8 nitrogen and oxygen atoms in total. The van der Waals surface area contributed by atoms with Gasteiger partial charge in [-0.3, -0.25) is 9.36 Å². The SMILES string of the molecule is CCCCCCCCCC/C=C\CCCCCCCCCCCCCCCCCCCCCCCCCCCC(=O)NC(COP(=O)([O-])OCC[N+](C)(C)C)C(O)CCCCCCCCCCCCCCCCCCCCCCCCCCCCC. The van der Waals surface area contributed by atoms with Gasteiger partial charge in [0, 0.05) is 6.42 Å². The van der Waals surface area contributed by atoms with Crippen LogP contribution in [0.4, 0.5) is 0 Å². The van der Waals surface area contributed by atoms with Crippen LogP contribution in [0.1, 0.15) is 425 Å². The molecular formula is C77H155N2O6P. The van der Waals surface area contributed by atoms with Gasteiger partial charge in [-0.15, -0.1) is 0 Å². The van der Waals surface area contributed by atoms with E-state index in [1.54, 1.807) is 0 Å². The average Bonchev–Trinajstić information content (AvgIpc) is 3.70. The molecule has 3 atom stereocenters. The predicted molar refractivity (Wildman–Crippen MR) is 376 cm³/mol. The standard InChI is InChI=1S/C77H155N2O6P/c1-6-8-10-12-14-16-18-20-22-24-26-28-30-32-34-35-36-37-38-39-40-41-42-43-45-47-49-51-53-55-57-59-61-63-65-67-69-71-77(81)78-75(74-85-86(82,83)84-73-72-79(3,4)5)76(80)70-68-66-64-62-60-58-56-54-52-50-48-46-44-33-31-29-27-25-23-21-19-17-15-13-11-9-7-2/h24,26,75-76,80H,6-23,25,27-74H2,1-5H3,(H-,78,81,82,83)/b26-24-. The molecule has 0 radical (unpaired) electrons. The van der Waals surface area contributed by atoms with Crippen molar-refractivity contribution in [2.75, 3.05) is 40.9 Å². The third-order valence-electron chi connectivity index (χ3n) is 18.5. The van der Waals surface area contributed by atoms with Gasteiger partial charge in [0.05, 0.1) is 39.9 Å². The molecule has 9 heteroatoms. The normalized spacial score (nSPS) is 13.5. The lowest BCUT2D eigenvalue weighted by Gasteiger charge is -2.30. The molecule has 0 saturated carbocycles. The Hall–Kier alpha value is -0.760. The van der Waals surface area contributed by atoms with Gasteiger partial charge in [-0.2, -0.15) is 0 Å². The minimum absolute atomic E-state index is 0.0164. The number of nitrogens with one attached hydrogen (secondary N) is 1. The Labute approximate surface area is 539 Å². The molecule has 86 heavy (non-hydrogen) atoms. The summed E-state index contributed by atoms with van der Waals surface area (Å²) in [5, 5.41) is 14.1. The second-order valence-electron chi connectivity index (χ2n) is 28.4. The van der Waals surface area contributed by atoms with Gasteiger partial charge in [-0.25, -0.2) is 0 Å². The van der Waals surface area contributed by atoms with Crippen molar-refractivity contribution in [2.24, 2.45) is 0 Å². The van der Waals surface area contributed by atoms with Crippen LogP contribution in [-0.4, -0.2) is 68.5 Å². The highest BCUT2D eigenvalue weighted by Crippen LogP contribution is 2.38. The molecule has 0 fully saturated rings. The maximum Gasteiger partial charge on any atom is 0.268 e. The number of nitrogens with zero attached hydrogens (tertiary/aromatic N) is 1. The summed E-state index contributed by atoms with van der Waals surface area (Å²) in [6.07, 6.45) is 89.0. The third kappa shape index (κ3) is 70.7. The highest BCUT2D eigenvalue weighted by molar-refractivity contribution is 7.45. The summed E-state index contributed by atoms with van der Waals surface area (Å²) in [6, 6.07) is -0.799. The molecule has 0 saturated heterocycles. The highest BCUT2D eigenvalue weighted by Gasteiger charge is 2.24. The summed E-state index contributed by atoms with van der Waals surface area (Å²) in [5.74, 6) is -0.153. The van der Waals surface area contributed by atoms with Crippen LogP contribution in [0.25, 0.3) is 0 Å². The first-order chi connectivity index (χ1) is 42.0. The number of carbonyl (C=O) groups excluding carboxylic acids is 1. The van der Waals surface area contributed by atoms with Crippen LogP contribution in [0.15, 0.2) is 12.2 Å². The first-order valence-electron chi connectivity index (χ1n) is 39.0. The number of rotatable bonds is 74. The number of aliphatic hydroxyl groups is 1. The van der Waals surface area contributed by atoms with Crippen molar-refractivity contribution in [2.45, 2.75) is 437 Å². The number of allylic oxidation sites excluding steroid dienone is 2. The third-order valence-corrected chi connectivity index (χ3v) is 19.5. The van der Waals surface area contributed by atoms with Crippen LogP contribution in [0.3, 0.4) is 0 Å². The molecule has 0 aromatic carbocycles. The molecule has 1 amide bonds. The molecule has 0 aliphatic carbocycles. The minimum atomic E-state index is -4.58. The number of unbranched alkanes of at least 4 members (excludes halogenated alkanes) is 59. The molecule has 0 aliphatic rings. The zero-order valence-corrected chi connectivity index (χ0v) is 60.0. The molecule has 0 aromatic heterocycles. The van der Waals surface area contributed by atoms with E-state index in [1.807, 2.05) is 21.1 Å². The van der Waals surface area contributed by atoms with E-state index in [2.05, 4.69) is 31.3 Å². The number of aliphatic hydroxyl groups excluding tert-OH is 1. The van der Waals surface area contributed by atoms with E-state index in [9.17, 15) is 19.4 Å². The Morgan fingerprint density at radius 3 is 0.907 bits per heavy atom. The summed E-state index contributed by atoms with van der Waals surface area (Å²) in [5.41, 5.74) is 0. The molecule has 0 rings (SSSR count). The fourth-order valence-electron chi connectivity index (χ4n) is 12.5. The molecule has 0 heterocycles. The van der Waals surface area contributed by atoms with Gasteiger partial charge in [0.25, 0.3) is 7.82 Å². The molecule has 0 spiro atoms. The Morgan fingerprint density at radius 2 is 0.640 bits per heavy atom. The number of carbonyl (C=O) groups is 1. The van der Waals surface area contributed by atoms with Crippen LogP contribution in [0.2, 0.25) is 0 Å². The first-order valence-corrected chi connectivity index (χ1v) is 40.5. The van der Waals surface area contributed by atoms with E-state index in [0.717, 1.165) is 38.5 Å². The van der Waals surface area contributed by atoms with Gasteiger partial charge in [0.2, 0.25) is 5.91 Å². The molecule has 2 N–H and O–H groups in total. The van der Waals surface area contributed by atoms with Crippen molar-refractivity contribution < 1.29 is 32.9 Å². The van der Waals surface area contributed by atoms with Crippen LogP contribution in [0.5, 0.6) is 0 Å². The second-order valence-corrected chi connectivity index (χ2v) is 29.8. The summed E-state index contributed by atoms with van der Waals surface area (Å²) < 4.78 is 23.6. The molecule has 0 aromatic rings. The van der Waals surface area contributed by atoms with Crippen molar-refractivity contribution in [1.82, 2.24) is 5.32 Å². The van der Waals surface area contributed by atoms with E-state index < -0.39 is 20.0 Å². The van der Waals surface area contributed by atoms with Crippen LogP contribution >= 0.6 is 7.82 Å². The van der Waals surface area contributed by atoms with E-state index in [4.69, 9.17) is 9.05 Å². The number of hydrogen-bond acceptors (Lipinski definition) is 6. The molecular weight excluding hydrogens is 1080 g/mol. The Kier molecular flexibility index (Phi) is 68.0. The van der Waals surface area contributed by atoms with Gasteiger partial charge < -0.3 is 28.8 Å². The number of phosphoric acid groups is 1. The fourth-order valence-corrected chi connectivity index (χ4v) is 13.2. The van der Waals surface area contributed by atoms with Crippen molar-refractivity contribution in [3.8, 4) is 0 Å². The number of hydrogen-bond donors (Lipinski definition) is 2. The summed E-state index contributed by atoms with van der Waals surface area (Å²) in [4.78, 5) is 25.7. The molecule has 514 valence electrons. The zero-order chi connectivity index (χ0) is 62.6. The Balaban J connectivity index is 3.90. The first kappa shape index (κ1) is 85.2. The maximum atomic E-state index is 13.1. The smallest absolute Gasteiger partial charge is 0.268 e. The average molecular weight is 1240 g/mol. The molecule has 0 bridgehead atoms. The van der Waals surface area contributed by atoms with Gasteiger partial charge in [-0.05, 0) is 38.5 Å². The largest absolute Gasteiger partial charge is 0.756 e. The molecule has 3 unspecified atom stereocenters. The highest BCUT2D eigenvalue weighted by atomic mass is 31.2. The lowest BCUT2D eigenvalue weighted by atomic mass is 10.0. The quantitative estimate of drug-likeness (QED) is 0.0272. The maximum absolute atomic E-state index is 13.1. The lowest BCUT2D eigenvalue weighted by Crippen LogP contribution is -2.46. The number of amides is 1. The topological polar surface area (TPSA) is 108 Å². The van der Waals surface area contributed by atoms with E-state index in [1.165, 1.54) is 360 Å². The summed E-state index contributed by atoms with van der Waals surface area (Å²) in [6.45, 7) is 4.80. The van der Waals surface area contributed by atoms with Gasteiger partial charge in [-0.1, -0.05) is 392 Å². The number of quaternary nitrogens is 1. The lowest BCUT2D eigenvalue weighted by molar-refractivity contribution is -0.870. The molecule has 0 aliphatic heterocycles. The van der Waals surface area contributed by atoms with E-state index in [-0.39, 0.29) is 19.1 Å². The number of phosphoric ester groups is 1. The predicted octanol–water partition coefficient (Wildman–Crippen LogP) is 24.6. The van der Waals surface area contributed by atoms with Crippen molar-refractivity contribution in [3.05, 3.63) is 12.2 Å².